The van der Waals surface area contributed by atoms with Crippen molar-refractivity contribution >= 4 is 11.6 Å². The molecule has 16 heavy (non-hydrogen) atoms. The first-order valence-corrected chi connectivity index (χ1v) is 5.60. The summed E-state index contributed by atoms with van der Waals surface area (Å²) in [4.78, 5) is 23.4. The molecule has 0 bridgehead atoms. The highest BCUT2D eigenvalue weighted by molar-refractivity contribution is 6.10. The van der Waals surface area contributed by atoms with Crippen molar-refractivity contribution in [1.82, 2.24) is 0 Å². The summed E-state index contributed by atoms with van der Waals surface area (Å²) in [5.74, 6) is 0.0707. The molecule has 0 unspecified atom stereocenters. The van der Waals surface area contributed by atoms with E-state index in [1.165, 1.54) is 6.08 Å². The average Bonchev–Trinajstić information content (AvgIpc) is 2.33. The molecular weight excluding hydrogens is 200 g/mol. The summed E-state index contributed by atoms with van der Waals surface area (Å²) in [5, 5.41) is 0. The van der Waals surface area contributed by atoms with Gasteiger partial charge in [-0.1, -0.05) is 30.3 Å². The van der Waals surface area contributed by atoms with Crippen molar-refractivity contribution in [3.8, 4) is 0 Å². The van der Waals surface area contributed by atoms with Crippen molar-refractivity contribution in [2.24, 2.45) is 0 Å². The number of benzene rings is 1. The fourth-order valence-corrected chi connectivity index (χ4v) is 1.90. The van der Waals surface area contributed by atoms with Crippen LogP contribution in [0.25, 0.3) is 0 Å². The molecule has 1 aromatic rings. The van der Waals surface area contributed by atoms with Gasteiger partial charge >= 0.3 is 0 Å². The lowest BCUT2D eigenvalue weighted by atomic mass is 9.92. The lowest BCUT2D eigenvalue weighted by Crippen LogP contribution is -2.10. The molecule has 2 nitrogen and oxygen atoms in total. The fourth-order valence-electron chi connectivity index (χ4n) is 1.90. The van der Waals surface area contributed by atoms with E-state index in [2.05, 4.69) is 0 Å². The van der Waals surface area contributed by atoms with Crippen LogP contribution in [0.2, 0.25) is 0 Å². The van der Waals surface area contributed by atoms with Gasteiger partial charge in [-0.05, 0) is 30.9 Å². The average molecular weight is 214 g/mol. The van der Waals surface area contributed by atoms with Crippen molar-refractivity contribution in [2.75, 3.05) is 0 Å². The number of ketones is 2. The van der Waals surface area contributed by atoms with Crippen molar-refractivity contribution in [3.63, 3.8) is 0 Å². The van der Waals surface area contributed by atoms with Crippen LogP contribution in [0.15, 0.2) is 42.0 Å². The molecule has 0 amide bonds. The molecule has 1 saturated carbocycles. The van der Waals surface area contributed by atoms with Crippen molar-refractivity contribution in [2.45, 2.75) is 25.7 Å². The van der Waals surface area contributed by atoms with Crippen molar-refractivity contribution in [1.29, 1.82) is 0 Å². The second-order valence-electron chi connectivity index (χ2n) is 4.03. The zero-order chi connectivity index (χ0) is 11.4. The molecule has 0 saturated heterocycles. The van der Waals surface area contributed by atoms with E-state index in [9.17, 15) is 9.59 Å². The van der Waals surface area contributed by atoms with E-state index >= 15 is 0 Å². The molecule has 0 spiro atoms. The zero-order valence-electron chi connectivity index (χ0n) is 9.11. The van der Waals surface area contributed by atoms with Crippen molar-refractivity contribution in [3.05, 3.63) is 47.5 Å². The first-order valence-electron chi connectivity index (χ1n) is 5.60. The first-order chi connectivity index (χ1) is 7.77. The van der Waals surface area contributed by atoms with Gasteiger partial charge in [0.2, 0.25) is 0 Å². The lowest BCUT2D eigenvalue weighted by Gasteiger charge is -2.11. The Hall–Kier alpha value is -1.70. The van der Waals surface area contributed by atoms with Gasteiger partial charge in [0, 0.05) is 12.0 Å². The minimum atomic E-state index is -0.0640. The molecule has 2 rings (SSSR count). The topological polar surface area (TPSA) is 34.1 Å². The van der Waals surface area contributed by atoms with Crippen LogP contribution in [0, 0.1) is 0 Å². The van der Waals surface area contributed by atoms with Crippen molar-refractivity contribution < 1.29 is 9.59 Å². The monoisotopic (exact) mass is 214 g/mol. The van der Waals surface area contributed by atoms with E-state index in [-0.39, 0.29) is 11.6 Å². The highest BCUT2D eigenvalue weighted by Crippen LogP contribution is 2.20. The van der Waals surface area contributed by atoms with Gasteiger partial charge in [-0.3, -0.25) is 9.59 Å². The highest BCUT2D eigenvalue weighted by Gasteiger charge is 2.16. The summed E-state index contributed by atoms with van der Waals surface area (Å²) in [7, 11) is 0. The Labute approximate surface area is 95.0 Å². The number of carbonyl (C=O) groups excluding carboxylic acids is 2. The van der Waals surface area contributed by atoms with Crippen LogP contribution in [-0.2, 0) is 4.79 Å². The van der Waals surface area contributed by atoms with E-state index in [1.807, 2.05) is 18.2 Å². The molecular formula is C14H14O2. The molecule has 82 valence electrons. The van der Waals surface area contributed by atoms with Crippen LogP contribution in [0.5, 0.6) is 0 Å². The van der Waals surface area contributed by atoms with Gasteiger partial charge in [-0.25, -0.2) is 0 Å². The summed E-state index contributed by atoms with van der Waals surface area (Å²) in [6.45, 7) is 0. The van der Waals surface area contributed by atoms with Crippen LogP contribution in [0.1, 0.15) is 36.0 Å². The number of rotatable bonds is 2. The molecule has 1 aliphatic rings. The number of carbonyl (C=O) groups is 2. The van der Waals surface area contributed by atoms with E-state index < -0.39 is 0 Å². The minimum absolute atomic E-state index is 0.0640. The molecule has 1 aromatic carbocycles. The van der Waals surface area contributed by atoms with Crippen LogP contribution >= 0.6 is 0 Å². The maximum Gasteiger partial charge on any atom is 0.186 e. The van der Waals surface area contributed by atoms with Gasteiger partial charge in [0.25, 0.3) is 0 Å². The molecule has 0 atom stereocenters. The number of hydrogen-bond acceptors (Lipinski definition) is 2. The van der Waals surface area contributed by atoms with E-state index in [0.29, 0.717) is 17.6 Å². The summed E-state index contributed by atoms with van der Waals surface area (Å²) >= 11 is 0. The van der Waals surface area contributed by atoms with E-state index in [1.54, 1.807) is 12.1 Å². The second kappa shape index (κ2) is 4.88. The summed E-state index contributed by atoms with van der Waals surface area (Å²) in [5.41, 5.74) is 1.34. The Balaban J connectivity index is 2.17. The predicted molar refractivity (Wildman–Crippen MR) is 62.3 cm³/mol. The summed E-state index contributed by atoms with van der Waals surface area (Å²) < 4.78 is 0. The van der Waals surface area contributed by atoms with Crippen LogP contribution < -0.4 is 0 Å². The molecule has 0 aromatic heterocycles. The largest absolute Gasteiger partial charge is 0.295 e. The third-order valence-corrected chi connectivity index (χ3v) is 2.82. The smallest absolute Gasteiger partial charge is 0.186 e. The SMILES string of the molecule is O=C1CCCC/C1=C\C(=O)c1ccccc1. The maximum absolute atomic E-state index is 11.8. The van der Waals surface area contributed by atoms with Gasteiger partial charge in [0.15, 0.2) is 11.6 Å². The number of allylic oxidation sites excluding steroid dienone is 2. The quantitative estimate of drug-likeness (QED) is 0.560. The Morgan fingerprint density at radius 1 is 1.06 bits per heavy atom. The number of Topliss-reactive ketones (excluding diaryl/α,β-unsaturated/α-hetero) is 1. The van der Waals surface area contributed by atoms with Gasteiger partial charge in [-0.15, -0.1) is 0 Å². The predicted octanol–water partition coefficient (Wildman–Crippen LogP) is 2.94. The molecule has 1 fully saturated rings. The molecule has 0 aliphatic heterocycles. The Bertz CT molecular complexity index is 429. The molecule has 2 heteroatoms. The standard InChI is InChI=1S/C14H14O2/c15-13-9-5-4-8-12(13)10-14(16)11-6-2-1-3-7-11/h1-3,6-7,10H,4-5,8-9H2/b12-10+. The Morgan fingerprint density at radius 3 is 2.44 bits per heavy atom. The first kappa shape index (κ1) is 10.8. The van der Waals surface area contributed by atoms with Crippen LogP contribution in [0.4, 0.5) is 0 Å². The highest BCUT2D eigenvalue weighted by atomic mass is 16.1. The van der Waals surface area contributed by atoms with Gasteiger partial charge < -0.3 is 0 Å². The van der Waals surface area contributed by atoms with E-state index in [0.717, 1.165) is 19.3 Å². The second-order valence-corrected chi connectivity index (χ2v) is 4.03. The zero-order valence-corrected chi connectivity index (χ0v) is 9.11. The van der Waals surface area contributed by atoms with E-state index in [4.69, 9.17) is 0 Å². The third kappa shape index (κ3) is 2.45. The Kier molecular flexibility index (Phi) is 3.30. The van der Waals surface area contributed by atoms with Crippen LogP contribution in [0.3, 0.4) is 0 Å². The van der Waals surface area contributed by atoms with Gasteiger partial charge in [0.1, 0.15) is 0 Å². The lowest BCUT2D eigenvalue weighted by molar-refractivity contribution is -0.116. The minimum Gasteiger partial charge on any atom is -0.295 e. The maximum atomic E-state index is 11.8. The van der Waals surface area contributed by atoms with Gasteiger partial charge in [-0.2, -0.15) is 0 Å². The summed E-state index contributed by atoms with van der Waals surface area (Å²) in [6.07, 6.45) is 4.82. The summed E-state index contributed by atoms with van der Waals surface area (Å²) in [6, 6.07) is 9.07. The number of hydrogen-bond donors (Lipinski definition) is 0. The fraction of sp³-hybridized carbons (Fsp3) is 0.286. The van der Waals surface area contributed by atoms with Crippen LogP contribution in [-0.4, -0.2) is 11.6 Å². The molecule has 0 radical (unpaired) electrons. The Morgan fingerprint density at radius 2 is 1.75 bits per heavy atom. The molecule has 0 heterocycles. The van der Waals surface area contributed by atoms with Gasteiger partial charge in [0.05, 0.1) is 0 Å². The molecule has 0 N–H and O–H groups in total. The normalized spacial score (nSPS) is 18.8. The third-order valence-electron chi connectivity index (χ3n) is 2.82. The molecule has 1 aliphatic carbocycles.